The van der Waals surface area contributed by atoms with Gasteiger partial charge in [-0.1, -0.05) is 30.3 Å². The fourth-order valence-electron chi connectivity index (χ4n) is 1.03. The van der Waals surface area contributed by atoms with E-state index in [1.54, 1.807) is 36.4 Å². The average Bonchev–Trinajstić information content (AvgIpc) is 2.30. The van der Waals surface area contributed by atoms with Crippen LogP contribution in [-0.2, 0) is 0 Å². The predicted octanol–water partition coefficient (Wildman–Crippen LogP) is 2.76. The van der Waals surface area contributed by atoms with Crippen molar-refractivity contribution >= 4 is 5.57 Å². The number of hydrogen-bond acceptors (Lipinski definition) is 3. The van der Waals surface area contributed by atoms with Gasteiger partial charge in [0.15, 0.2) is 0 Å². The Bertz CT molecular complexity index is 509. The summed E-state index contributed by atoms with van der Waals surface area (Å²) in [7, 11) is 0. The summed E-state index contributed by atoms with van der Waals surface area (Å²) in [4.78, 5) is 2.49. The zero-order valence-electron chi connectivity index (χ0n) is 7.62. The number of hydrogen-bond donors (Lipinski definition) is 0. The Morgan fingerprint density at radius 3 is 2.33 bits per heavy atom. The molecule has 1 aromatic carbocycles. The lowest BCUT2D eigenvalue weighted by atomic mass is 10.1. The highest BCUT2D eigenvalue weighted by molar-refractivity contribution is 5.81. The molecule has 0 saturated heterocycles. The summed E-state index contributed by atoms with van der Waals surface area (Å²) in [6.45, 7) is 0. The molecule has 1 aromatic rings. The Balaban J connectivity index is 3.39. The first kappa shape index (κ1) is 10.3. The molecule has 70 valence electrons. The number of allylic oxidation sites excluding steroid dienone is 2. The lowest BCUT2D eigenvalue weighted by Gasteiger charge is -1.97. The van der Waals surface area contributed by atoms with Crippen molar-refractivity contribution in [2.45, 2.75) is 0 Å². The van der Waals surface area contributed by atoms with Gasteiger partial charge in [0.25, 0.3) is 0 Å². The van der Waals surface area contributed by atoms with E-state index >= 15 is 0 Å². The van der Waals surface area contributed by atoms with Crippen molar-refractivity contribution in [1.29, 1.82) is 10.5 Å². The van der Waals surface area contributed by atoms with Gasteiger partial charge in [-0.3, -0.25) is 0 Å². The van der Waals surface area contributed by atoms with Crippen molar-refractivity contribution < 1.29 is 0 Å². The maximum absolute atomic E-state index is 8.87. The zero-order chi connectivity index (χ0) is 11.1. The fraction of sp³-hybridized carbons (Fsp3) is 0. The highest BCUT2D eigenvalue weighted by Gasteiger charge is 2.06. The fourth-order valence-corrected chi connectivity index (χ4v) is 1.03. The third-order valence-corrected chi connectivity index (χ3v) is 1.66. The molecule has 0 spiro atoms. The molecule has 5 heteroatoms. The highest BCUT2D eigenvalue weighted by atomic mass is 15.1. The smallest absolute Gasteiger partial charge is 0.133 e. The van der Waals surface area contributed by atoms with E-state index in [4.69, 9.17) is 16.1 Å². The molecule has 5 nitrogen and oxygen atoms in total. The van der Waals surface area contributed by atoms with Crippen LogP contribution in [0.4, 0.5) is 0 Å². The van der Waals surface area contributed by atoms with Crippen LogP contribution in [0.1, 0.15) is 5.56 Å². The lowest BCUT2D eigenvalue weighted by molar-refractivity contribution is 1.35. The SMILES string of the molecule is N#CC(N=[N+]=[N-])=C(C#N)c1ccccc1. The van der Waals surface area contributed by atoms with Gasteiger partial charge >= 0.3 is 0 Å². The van der Waals surface area contributed by atoms with Crippen molar-refractivity contribution in [1.82, 2.24) is 0 Å². The van der Waals surface area contributed by atoms with Gasteiger partial charge in [0.05, 0.1) is 5.57 Å². The molecule has 0 unspecified atom stereocenters. The molecule has 0 atom stereocenters. The highest BCUT2D eigenvalue weighted by Crippen LogP contribution is 2.18. The number of rotatable bonds is 2. The first-order valence-electron chi connectivity index (χ1n) is 3.98. The zero-order valence-corrected chi connectivity index (χ0v) is 7.62. The summed E-state index contributed by atoms with van der Waals surface area (Å²) >= 11 is 0. The van der Waals surface area contributed by atoms with Crippen LogP contribution in [0.5, 0.6) is 0 Å². The van der Waals surface area contributed by atoms with Crippen LogP contribution in [0.2, 0.25) is 0 Å². The van der Waals surface area contributed by atoms with Crippen molar-refractivity contribution in [3.05, 3.63) is 52.0 Å². The Labute approximate surface area is 86.1 Å². The molecule has 0 bridgehead atoms. The van der Waals surface area contributed by atoms with Crippen LogP contribution in [0.3, 0.4) is 0 Å². The maximum atomic E-state index is 8.87. The molecule has 0 fully saturated rings. The van der Waals surface area contributed by atoms with E-state index in [2.05, 4.69) is 10.0 Å². The molecule has 0 aromatic heterocycles. The Kier molecular flexibility index (Phi) is 3.50. The molecule has 0 aliphatic rings. The second-order valence-electron chi connectivity index (χ2n) is 2.50. The Morgan fingerprint density at radius 1 is 1.20 bits per heavy atom. The third kappa shape index (κ3) is 2.35. The first-order chi connectivity index (χ1) is 7.33. The van der Waals surface area contributed by atoms with E-state index < -0.39 is 0 Å². The van der Waals surface area contributed by atoms with Crippen LogP contribution in [0, 0.1) is 22.7 Å². The Hall–Kier alpha value is -2.75. The molecule has 0 amide bonds. The lowest BCUT2D eigenvalue weighted by Crippen LogP contribution is -1.84. The second-order valence-corrected chi connectivity index (χ2v) is 2.50. The minimum absolute atomic E-state index is 0.0795. The number of nitriles is 2. The second kappa shape index (κ2) is 5.08. The van der Waals surface area contributed by atoms with E-state index in [-0.39, 0.29) is 11.3 Å². The molecular weight excluding hydrogens is 190 g/mol. The van der Waals surface area contributed by atoms with Gasteiger partial charge in [0, 0.05) is 4.91 Å². The van der Waals surface area contributed by atoms with Gasteiger partial charge in [0.1, 0.15) is 17.8 Å². The van der Waals surface area contributed by atoms with Gasteiger partial charge in [-0.05, 0) is 16.2 Å². The molecule has 0 radical (unpaired) electrons. The molecule has 0 saturated carbocycles. The molecule has 1 rings (SSSR count). The van der Waals surface area contributed by atoms with Crippen molar-refractivity contribution in [3.8, 4) is 12.1 Å². The maximum Gasteiger partial charge on any atom is 0.133 e. The standard InChI is InChI=1S/C10H5N5/c11-6-9(10(7-12)14-15-13)8-4-2-1-3-5-8/h1-5H. The predicted molar refractivity (Wildman–Crippen MR) is 53.7 cm³/mol. The van der Waals surface area contributed by atoms with E-state index in [0.717, 1.165) is 0 Å². The van der Waals surface area contributed by atoms with Gasteiger partial charge in [0.2, 0.25) is 0 Å². The van der Waals surface area contributed by atoms with Gasteiger partial charge in [-0.15, -0.1) is 0 Å². The molecule has 0 aliphatic carbocycles. The minimum Gasteiger partial charge on any atom is -0.193 e. The average molecular weight is 195 g/mol. The number of nitrogens with zero attached hydrogens (tertiary/aromatic N) is 5. The summed E-state index contributed by atoms with van der Waals surface area (Å²) < 4.78 is 0. The van der Waals surface area contributed by atoms with Crippen molar-refractivity contribution in [3.63, 3.8) is 0 Å². The minimum atomic E-state index is -0.216. The summed E-state index contributed by atoms with van der Waals surface area (Å²) in [6, 6.07) is 12.1. The molecule has 15 heavy (non-hydrogen) atoms. The molecule has 0 N–H and O–H groups in total. The third-order valence-electron chi connectivity index (χ3n) is 1.66. The largest absolute Gasteiger partial charge is 0.193 e. The van der Waals surface area contributed by atoms with Crippen molar-refractivity contribution in [2.24, 2.45) is 5.11 Å². The van der Waals surface area contributed by atoms with E-state index in [1.807, 2.05) is 6.07 Å². The normalized spacial score (nSPS) is 10.3. The van der Waals surface area contributed by atoms with Gasteiger partial charge < -0.3 is 0 Å². The number of benzene rings is 1. The van der Waals surface area contributed by atoms with E-state index in [9.17, 15) is 0 Å². The molecular formula is C10H5N5. The monoisotopic (exact) mass is 195 g/mol. The van der Waals surface area contributed by atoms with Crippen molar-refractivity contribution in [2.75, 3.05) is 0 Å². The first-order valence-corrected chi connectivity index (χ1v) is 3.98. The summed E-state index contributed by atoms with van der Waals surface area (Å²) in [5.74, 6) is 0. The molecule has 0 aliphatic heterocycles. The van der Waals surface area contributed by atoms with E-state index in [1.165, 1.54) is 0 Å². The quantitative estimate of drug-likeness (QED) is 0.314. The van der Waals surface area contributed by atoms with Gasteiger partial charge in [-0.2, -0.15) is 10.5 Å². The Morgan fingerprint density at radius 2 is 1.87 bits per heavy atom. The van der Waals surface area contributed by atoms with Crippen LogP contribution >= 0.6 is 0 Å². The summed E-state index contributed by atoms with van der Waals surface area (Å²) in [6.07, 6.45) is 0. The topological polar surface area (TPSA) is 96.3 Å². The molecule has 0 heterocycles. The summed E-state index contributed by atoms with van der Waals surface area (Å²) in [5.41, 5.74) is 8.65. The van der Waals surface area contributed by atoms with Crippen LogP contribution in [0.15, 0.2) is 41.1 Å². The van der Waals surface area contributed by atoms with Gasteiger partial charge in [-0.25, -0.2) is 0 Å². The summed E-state index contributed by atoms with van der Waals surface area (Å²) in [5, 5.41) is 20.7. The van der Waals surface area contributed by atoms with Crippen LogP contribution in [0.25, 0.3) is 16.0 Å². The van der Waals surface area contributed by atoms with E-state index in [0.29, 0.717) is 5.56 Å². The number of azide groups is 1. The van der Waals surface area contributed by atoms with Crippen LogP contribution < -0.4 is 0 Å². The van der Waals surface area contributed by atoms with Crippen LogP contribution in [-0.4, -0.2) is 0 Å².